The Hall–Kier alpha value is 0.0762. The molecule has 0 atom stereocenters. The van der Waals surface area contributed by atoms with Gasteiger partial charge in [-0.1, -0.05) is 11.6 Å². The monoisotopic (exact) mass is 182 g/mol. The van der Waals surface area contributed by atoms with E-state index in [9.17, 15) is 0 Å². The Labute approximate surface area is 90.8 Å². The van der Waals surface area contributed by atoms with Crippen molar-refractivity contribution in [1.82, 2.24) is 0 Å². The summed E-state index contributed by atoms with van der Waals surface area (Å²) in [6.45, 7) is 1.96. The van der Waals surface area contributed by atoms with Crippen molar-refractivity contribution in [1.29, 1.82) is 0 Å². The number of halogens is 1. The van der Waals surface area contributed by atoms with Crippen molar-refractivity contribution < 1.29 is 7.59 Å². The molecular formula is C8H11ClMgO. The molecular weight excluding hydrogens is 172 g/mol. The summed E-state index contributed by atoms with van der Waals surface area (Å²) >= 11 is 5.72. The van der Waals surface area contributed by atoms with E-state index in [4.69, 9.17) is 16.3 Å². The van der Waals surface area contributed by atoms with Crippen LogP contribution in [0.3, 0.4) is 0 Å². The summed E-state index contributed by atoms with van der Waals surface area (Å²) in [5.41, 5.74) is 1.06. The third kappa shape index (κ3) is 2.89. The first-order valence-corrected chi connectivity index (χ1v) is 3.42. The minimum Gasteiger partial charge on any atom is -1.00 e. The second-order valence-corrected chi connectivity index (χ2v) is 2.55. The maximum absolute atomic E-state index is 5.72. The van der Waals surface area contributed by atoms with Crippen molar-refractivity contribution >= 4 is 34.7 Å². The largest absolute Gasteiger partial charge is 2.00 e. The second-order valence-electron chi connectivity index (χ2n) is 2.11. The molecule has 1 rings (SSSR count). The first kappa shape index (κ1) is 11.1. The molecule has 0 N–H and O–H groups in total. The molecule has 0 bridgehead atoms. The second kappa shape index (κ2) is 4.85. The van der Waals surface area contributed by atoms with Crippen LogP contribution >= 0.6 is 11.6 Å². The Kier molecular flexibility index (Phi) is 4.89. The van der Waals surface area contributed by atoms with Gasteiger partial charge in [-0.3, -0.25) is 0 Å². The molecule has 0 unspecified atom stereocenters. The van der Waals surface area contributed by atoms with Crippen molar-refractivity contribution in [2.75, 3.05) is 7.11 Å². The normalized spacial score (nSPS) is 8.64. The zero-order chi connectivity index (χ0) is 7.56. The van der Waals surface area contributed by atoms with Gasteiger partial charge in [0.1, 0.15) is 5.75 Å². The molecule has 1 aromatic carbocycles. The maximum atomic E-state index is 5.72. The number of rotatable bonds is 1. The minimum atomic E-state index is 0. The maximum Gasteiger partial charge on any atom is 2.00 e. The number of hydrogen-bond acceptors (Lipinski definition) is 1. The fourth-order valence-corrected chi connectivity index (χ4v) is 1.07. The molecule has 0 aliphatic heterocycles. The topological polar surface area (TPSA) is 9.23 Å². The van der Waals surface area contributed by atoms with Gasteiger partial charge in [-0.2, -0.15) is 0 Å². The van der Waals surface area contributed by atoms with Crippen LogP contribution in [0.25, 0.3) is 0 Å². The summed E-state index contributed by atoms with van der Waals surface area (Å²) < 4.78 is 5.04. The first-order chi connectivity index (χ1) is 4.74. The molecule has 0 saturated carbocycles. The van der Waals surface area contributed by atoms with E-state index in [-0.39, 0.29) is 25.9 Å². The van der Waals surface area contributed by atoms with Crippen molar-refractivity contribution in [2.45, 2.75) is 6.92 Å². The summed E-state index contributed by atoms with van der Waals surface area (Å²) in [6, 6.07) is 5.55. The van der Waals surface area contributed by atoms with Crippen molar-refractivity contribution in [3.63, 3.8) is 0 Å². The van der Waals surface area contributed by atoms with Crippen molar-refractivity contribution in [2.24, 2.45) is 0 Å². The van der Waals surface area contributed by atoms with E-state index in [2.05, 4.69) is 0 Å². The Morgan fingerprint density at radius 1 is 1.45 bits per heavy atom. The van der Waals surface area contributed by atoms with Crippen LogP contribution in [0.4, 0.5) is 0 Å². The Morgan fingerprint density at radius 2 is 2.09 bits per heavy atom. The van der Waals surface area contributed by atoms with E-state index < -0.39 is 0 Å². The number of hydrogen-bond donors (Lipinski definition) is 0. The Bertz CT molecular complexity index is 246. The molecule has 0 radical (unpaired) electrons. The number of aryl methyl sites for hydroxylation is 1. The van der Waals surface area contributed by atoms with Crippen LogP contribution in [0.2, 0.25) is 5.02 Å². The molecule has 1 nitrogen and oxygen atoms in total. The third-order valence-corrected chi connectivity index (χ3v) is 1.59. The Balaban J connectivity index is -0.000000333. The molecule has 0 saturated heterocycles. The van der Waals surface area contributed by atoms with E-state index in [0.29, 0.717) is 0 Å². The molecule has 0 aromatic heterocycles. The fraction of sp³-hybridized carbons (Fsp3) is 0.250. The summed E-state index contributed by atoms with van der Waals surface area (Å²) in [5, 5.41) is 0.748. The van der Waals surface area contributed by atoms with Gasteiger partial charge < -0.3 is 7.59 Å². The molecule has 1 aromatic rings. The smallest absolute Gasteiger partial charge is 1.00 e. The van der Waals surface area contributed by atoms with Gasteiger partial charge in [0.2, 0.25) is 0 Å². The average Bonchev–Trinajstić information content (AvgIpc) is 1.88. The zero-order valence-electron chi connectivity index (χ0n) is 8.73. The van der Waals surface area contributed by atoms with Gasteiger partial charge >= 0.3 is 23.1 Å². The molecule has 0 fully saturated rings. The summed E-state index contributed by atoms with van der Waals surface area (Å²) in [7, 11) is 1.65. The van der Waals surface area contributed by atoms with Crippen LogP contribution in [0.15, 0.2) is 18.2 Å². The van der Waals surface area contributed by atoms with Gasteiger partial charge in [-0.15, -0.1) is 0 Å². The van der Waals surface area contributed by atoms with Gasteiger partial charge in [-0.05, 0) is 30.7 Å². The average molecular weight is 183 g/mol. The first-order valence-electron chi connectivity index (χ1n) is 3.04. The van der Waals surface area contributed by atoms with Crippen molar-refractivity contribution in [3.05, 3.63) is 28.8 Å². The third-order valence-electron chi connectivity index (χ3n) is 1.36. The summed E-state index contributed by atoms with van der Waals surface area (Å²) in [6.07, 6.45) is 0. The standard InChI is InChI=1S/C8H9ClO.Mg.2H/c1-6-5-7(9)3-4-8(6)10-2;;;/h3-5H,1-2H3;;;/q;+2;2*-1. The van der Waals surface area contributed by atoms with Crippen molar-refractivity contribution in [3.8, 4) is 5.75 Å². The van der Waals surface area contributed by atoms with E-state index in [1.54, 1.807) is 7.11 Å². The van der Waals surface area contributed by atoms with Gasteiger partial charge in [-0.25, -0.2) is 0 Å². The minimum absolute atomic E-state index is 0. The summed E-state index contributed by atoms with van der Waals surface area (Å²) in [4.78, 5) is 0. The predicted molar refractivity (Wildman–Crippen MR) is 50.7 cm³/mol. The van der Waals surface area contributed by atoms with Crippen LogP contribution in [-0.4, -0.2) is 30.2 Å². The van der Waals surface area contributed by atoms with Crippen LogP contribution in [0.1, 0.15) is 8.42 Å². The Morgan fingerprint density at radius 3 is 2.55 bits per heavy atom. The molecule has 3 heteroatoms. The van der Waals surface area contributed by atoms with E-state index in [1.165, 1.54) is 0 Å². The van der Waals surface area contributed by atoms with E-state index in [1.807, 2.05) is 25.1 Å². The van der Waals surface area contributed by atoms with Crippen LogP contribution in [0.5, 0.6) is 5.75 Å². The molecule has 0 spiro atoms. The van der Waals surface area contributed by atoms with Crippen LogP contribution in [-0.2, 0) is 0 Å². The van der Waals surface area contributed by atoms with Gasteiger partial charge in [0, 0.05) is 5.02 Å². The molecule has 0 aliphatic carbocycles. The quantitative estimate of drug-likeness (QED) is 0.607. The number of ether oxygens (including phenoxy) is 1. The van der Waals surface area contributed by atoms with E-state index >= 15 is 0 Å². The van der Waals surface area contributed by atoms with Crippen LogP contribution in [0, 0.1) is 6.92 Å². The molecule has 58 valence electrons. The van der Waals surface area contributed by atoms with Gasteiger partial charge in [0.25, 0.3) is 0 Å². The summed E-state index contributed by atoms with van der Waals surface area (Å²) in [5.74, 6) is 0.879. The van der Waals surface area contributed by atoms with Gasteiger partial charge in [0.05, 0.1) is 7.11 Å². The fourth-order valence-electron chi connectivity index (χ4n) is 0.842. The number of methoxy groups -OCH3 is 1. The molecule has 0 aliphatic rings. The molecule has 11 heavy (non-hydrogen) atoms. The molecule has 0 amide bonds. The van der Waals surface area contributed by atoms with E-state index in [0.717, 1.165) is 16.3 Å². The SMILES string of the molecule is COc1ccc(Cl)cc1C.[H-].[H-].[Mg+2]. The zero-order valence-corrected chi connectivity index (χ0v) is 8.90. The van der Waals surface area contributed by atoms with Gasteiger partial charge in [0.15, 0.2) is 0 Å². The predicted octanol–water partition coefficient (Wildman–Crippen LogP) is 2.50. The number of benzene rings is 1. The van der Waals surface area contributed by atoms with Crippen LogP contribution < -0.4 is 4.74 Å². The molecule has 0 heterocycles.